The van der Waals surface area contributed by atoms with Crippen molar-refractivity contribution in [3.63, 3.8) is 0 Å². The smallest absolute Gasteiger partial charge is 0.0608 e. The Morgan fingerprint density at radius 2 is 2.17 bits per heavy atom. The fraction of sp³-hybridized carbons (Fsp3) is 0.714. The van der Waals surface area contributed by atoms with Gasteiger partial charge < -0.3 is 19.9 Å². The van der Waals surface area contributed by atoms with Gasteiger partial charge in [-0.1, -0.05) is 6.92 Å². The fourth-order valence-corrected chi connectivity index (χ4v) is 3.12. The predicted octanol–water partition coefficient (Wildman–Crippen LogP) is 0.824. The summed E-state index contributed by atoms with van der Waals surface area (Å²) in [5.41, 5.74) is 1.56. The highest BCUT2D eigenvalue weighted by atomic mass is 16.5. The maximum absolute atomic E-state index is 5.52. The summed E-state index contributed by atoms with van der Waals surface area (Å²) in [5, 5.41) is 3.41. The molecule has 0 spiro atoms. The van der Waals surface area contributed by atoms with E-state index >= 15 is 0 Å². The van der Waals surface area contributed by atoms with E-state index in [0.29, 0.717) is 5.92 Å². The third-order valence-electron chi connectivity index (χ3n) is 4.54. The number of rotatable bonds is 4. The maximum atomic E-state index is 5.52. The summed E-state index contributed by atoms with van der Waals surface area (Å²) >= 11 is 0. The predicted molar refractivity (Wildman–Crippen MR) is 71.8 cm³/mol. The van der Waals surface area contributed by atoms with Crippen LogP contribution < -0.4 is 5.32 Å². The second kappa shape index (κ2) is 5.03. The van der Waals surface area contributed by atoms with Gasteiger partial charge in [-0.15, -0.1) is 0 Å². The minimum absolute atomic E-state index is 0.217. The molecule has 2 N–H and O–H groups in total. The van der Waals surface area contributed by atoms with Crippen LogP contribution in [0.4, 0.5) is 0 Å². The van der Waals surface area contributed by atoms with Gasteiger partial charge >= 0.3 is 0 Å². The lowest BCUT2D eigenvalue weighted by molar-refractivity contribution is -0.0945. The zero-order valence-corrected chi connectivity index (χ0v) is 11.1. The molecule has 2 saturated heterocycles. The lowest BCUT2D eigenvalue weighted by Gasteiger charge is -2.47. The SMILES string of the molecule is CC(CN1CCNCC1)C1(c2ccc[nH]2)COC1. The zero-order valence-electron chi connectivity index (χ0n) is 11.1. The molecule has 1 aromatic rings. The van der Waals surface area contributed by atoms with Crippen molar-refractivity contribution in [3.8, 4) is 0 Å². The topological polar surface area (TPSA) is 40.3 Å². The standard InChI is InChI=1S/C14H23N3O/c1-12(9-17-7-5-15-6-8-17)14(10-18-11-14)13-3-2-4-16-13/h2-4,12,15-16H,5-11H2,1H3. The van der Waals surface area contributed by atoms with Crippen LogP contribution in [0.25, 0.3) is 0 Å². The summed E-state index contributed by atoms with van der Waals surface area (Å²) in [6.07, 6.45) is 2.02. The molecule has 0 bridgehead atoms. The monoisotopic (exact) mass is 249 g/mol. The number of ether oxygens (including phenoxy) is 1. The van der Waals surface area contributed by atoms with Gasteiger partial charge in [0.1, 0.15) is 0 Å². The van der Waals surface area contributed by atoms with Crippen LogP contribution in [0.5, 0.6) is 0 Å². The van der Waals surface area contributed by atoms with Crippen molar-refractivity contribution in [3.05, 3.63) is 24.0 Å². The molecule has 4 heteroatoms. The van der Waals surface area contributed by atoms with Crippen LogP contribution in [-0.2, 0) is 10.2 Å². The molecule has 4 nitrogen and oxygen atoms in total. The Morgan fingerprint density at radius 1 is 1.39 bits per heavy atom. The van der Waals surface area contributed by atoms with Crippen molar-refractivity contribution in [2.45, 2.75) is 12.3 Å². The third-order valence-corrected chi connectivity index (χ3v) is 4.54. The number of H-pyrrole nitrogens is 1. The van der Waals surface area contributed by atoms with Gasteiger partial charge in [0.05, 0.1) is 18.6 Å². The summed E-state index contributed by atoms with van der Waals surface area (Å²) in [4.78, 5) is 5.96. The van der Waals surface area contributed by atoms with E-state index in [4.69, 9.17) is 4.74 Å². The first-order valence-corrected chi connectivity index (χ1v) is 6.96. The molecule has 0 aliphatic carbocycles. The molecule has 3 heterocycles. The highest BCUT2D eigenvalue weighted by Gasteiger charge is 2.46. The van der Waals surface area contributed by atoms with Crippen molar-refractivity contribution < 1.29 is 4.74 Å². The fourth-order valence-electron chi connectivity index (χ4n) is 3.12. The molecule has 1 atom stereocenters. The van der Waals surface area contributed by atoms with Crippen molar-refractivity contribution in [2.24, 2.45) is 5.92 Å². The van der Waals surface area contributed by atoms with Gasteiger partial charge in [0.25, 0.3) is 0 Å². The van der Waals surface area contributed by atoms with Gasteiger partial charge in [0, 0.05) is 44.6 Å². The summed E-state index contributed by atoms with van der Waals surface area (Å²) in [6.45, 7) is 9.85. The van der Waals surface area contributed by atoms with Gasteiger partial charge in [-0.05, 0) is 18.1 Å². The van der Waals surface area contributed by atoms with Gasteiger partial charge in [-0.2, -0.15) is 0 Å². The first-order valence-electron chi connectivity index (χ1n) is 6.96. The van der Waals surface area contributed by atoms with E-state index in [9.17, 15) is 0 Å². The molecule has 18 heavy (non-hydrogen) atoms. The van der Waals surface area contributed by atoms with E-state index < -0.39 is 0 Å². The Labute approximate surface area is 109 Å². The van der Waals surface area contributed by atoms with Crippen LogP contribution in [0, 0.1) is 5.92 Å². The minimum Gasteiger partial charge on any atom is -0.379 e. The Hall–Kier alpha value is -0.840. The molecule has 0 saturated carbocycles. The summed E-state index contributed by atoms with van der Waals surface area (Å²) < 4.78 is 5.52. The highest BCUT2D eigenvalue weighted by molar-refractivity contribution is 5.22. The first-order chi connectivity index (χ1) is 8.81. The summed E-state index contributed by atoms with van der Waals surface area (Å²) in [5.74, 6) is 0.628. The van der Waals surface area contributed by atoms with E-state index in [1.54, 1.807) is 0 Å². The zero-order chi connectivity index (χ0) is 12.4. The molecule has 2 fully saturated rings. The van der Waals surface area contributed by atoms with Crippen molar-refractivity contribution in [1.82, 2.24) is 15.2 Å². The Morgan fingerprint density at radius 3 is 2.72 bits per heavy atom. The molecular weight excluding hydrogens is 226 g/mol. The van der Waals surface area contributed by atoms with Crippen LogP contribution in [0.3, 0.4) is 0 Å². The van der Waals surface area contributed by atoms with Crippen LogP contribution in [0.1, 0.15) is 12.6 Å². The number of aromatic amines is 1. The Balaban J connectivity index is 1.68. The van der Waals surface area contributed by atoms with Gasteiger partial charge in [-0.3, -0.25) is 0 Å². The van der Waals surface area contributed by atoms with E-state index in [0.717, 1.165) is 26.3 Å². The summed E-state index contributed by atoms with van der Waals surface area (Å²) in [7, 11) is 0. The number of piperazine rings is 1. The molecule has 0 amide bonds. The normalized spacial score (nSPS) is 25.6. The number of hydrogen-bond donors (Lipinski definition) is 2. The molecule has 2 aliphatic rings. The second-order valence-electron chi connectivity index (χ2n) is 5.68. The minimum atomic E-state index is 0.217. The first kappa shape index (κ1) is 12.2. The lowest BCUT2D eigenvalue weighted by atomic mass is 9.71. The van der Waals surface area contributed by atoms with Gasteiger partial charge in [0.15, 0.2) is 0 Å². The lowest BCUT2D eigenvalue weighted by Crippen LogP contribution is -2.56. The highest BCUT2D eigenvalue weighted by Crippen LogP contribution is 2.39. The Bertz CT molecular complexity index is 366. The molecule has 1 aromatic heterocycles. The molecule has 1 unspecified atom stereocenters. The molecule has 0 aromatic carbocycles. The number of nitrogens with zero attached hydrogens (tertiary/aromatic N) is 1. The van der Waals surface area contributed by atoms with Crippen LogP contribution in [-0.4, -0.2) is 55.8 Å². The molecule has 100 valence electrons. The van der Waals surface area contributed by atoms with E-state index in [1.807, 2.05) is 6.20 Å². The number of aromatic nitrogens is 1. The molecule has 2 aliphatic heterocycles. The molecular formula is C14H23N3O. The van der Waals surface area contributed by atoms with E-state index in [2.05, 4.69) is 34.3 Å². The second-order valence-corrected chi connectivity index (χ2v) is 5.68. The van der Waals surface area contributed by atoms with Crippen molar-refractivity contribution in [2.75, 3.05) is 45.9 Å². The summed E-state index contributed by atoms with van der Waals surface area (Å²) in [6, 6.07) is 4.30. The maximum Gasteiger partial charge on any atom is 0.0608 e. The van der Waals surface area contributed by atoms with Crippen LogP contribution in [0.15, 0.2) is 18.3 Å². The van der Waals surface area contributed by atoms with E-state index in [-0.39, 0.29) is 5.41 Å². The largest absolute Gasteiger partial charge is 0.379 e. The Kier molecular flexibility index (Phi) is 3.41. The van der Waals surface area contributed by atoms with Crippen LogP contribution in [0.2, 0.25) is 0 Å². The molecule has 0 radical (unpaired) electrons. The number of nitrogens with one attached hydrogen (secondary N) is 2. The van der Waals surface area contributed by atoms with Crippen molar-refractivity contribution in [1.29, 1.82) is 0 Å². The third kappa shape index (κ3) is 2.09. The van der Waals surface area contributed by atoms with E-state index in [1.165, 1.54) is 25.3 Å². The van der Waals surface area contributed by atoms with Crippen molar-refractivity contribution >= 4 is 0 Å². The van der Waals surface area contributed by atoms with Crippen LogP contribution >= 0.6 is 0 Å². The quantitative estimate of drug-likeness (QED) is 0.830. The van der Waals surface area contributed by atoms with Gasteiger partial charge in [0.2, 0.25) is 0 Å². The molecule has 3 rings (SSSR count). The number of hydrogen-bond acceptors (Lipinski definition) is 3. The van der Waals surface area contributed by atoms with Gasteiger partial charge in [-0.25, -0.2) is 0 Å². The average molecular weight is 249 g/mol. The average Bonchev–Trinajstić information content (AvgIpc) is 2.83.